The molecule has 0 aromatic heterocycles. The second-order valence-corrected chi connectivity index (χ2v) is 8.19. The average Bonchev–Trinajstić information content (AvgIpc) is 2.75. The molecule has 2 rings (SSSR count). The molecule has 0 unspecified atom stereocenters. The monoisotopic (exact) mass is 450 g/mol. The minimum atomic E-state index is -3.64. The Bertz CT molecular complexity index is 921. The summed E-state index contributed by atoms with van der Waals surface area (Å²) in [4.78, 5) is 25.5. The van der Waals surface area contributed by atoms with Crippen molar-refractivity contribution in [1.82, 2.24) is 10.2 Å². The van der Waals surface area contributed by atoms with Crippen LogP contribution in [0.15, 0.2) is 60.7 Å². The van der Waals surface area contributed by atoms with E-state index in [1.807, 2.05) is 60.7 Å². The SMILES string of the molecule is CS(=O)(=O)OCCN(CCNC(=O)OCc1ccccc1)C(=O)OCc1ccccc1. The predicted molar refractivity (Wildman–Crippen MR) is 114 cm³/mol. The maximum atomic E-state index is 12.4. The van der Waals surface area contributed by atoms with Gasteiger partial charge in [-0.15, -0.1) is 0 Å². The summed E-state index contributed by atoms with van der Waals surface area (Å²) in [5.74, 6) is 0. The molecule has 0 radical (unpaired) electrons. The highest BCUT2D eigenvalue weighted by molar-refractivity contribution is 7.85. The van der Waals surface area contributed by atoms with Crippen molar-refractivity contribution in [3.8, 4) is 0 Å². The summed E-state index contributed by atoms with van der Waals surface area (Å²) in [6.45, 7) is 0.112. The standard InChI is InChI=1S/C21H26N2O7S/c1-31(26,27)30-15-14-23(21(25)29-17-19-10-6-3-7-11-19)13-12-22-20(24)28-16-18-8-4-2-5-9-18/h2-11H,12-17H2,1H3,(H,22,24). The highest BCUT2D eigenvalue weighted by Crippen LogP contribution is 2.04. The first kappa shape index (κ1) is 24.2. The van der Waals surface area contributed by atoms with Crippen LogP contribution < -0.4 is 5.32 Å². The van der Waals surface area contributed by atoms with Gasteiger partial charge >= 0.3 is 12.2 Å². The van der Waals surface area contributed by atoms with Gasteiger partial charge in [0.05, 0.1) is 12.9 Å². The summed E-state index contributed by atoms with van der Waals surface area (Å²) >= 11 is 0. The summed E-state index contributed by atoms with van der Waals surface area (Å²) < 4.78 is 37.4. The Morgan fingerprint density at radius 1 is 0.871 bits per heavy atom. The normalized spacial score (nSPS) is 10.9. The van der Waals surface area contributed by atoms with E-state index in [1.165, 1.54) is 4.90 Å². The maximum absolute atomic E-state index is 12.4. The van der Waals surface area contributed by atoms with Gasteiger partial charge in [-0.05, 0) is 11.1 Å². The lowest BCUT2D eigenvalue weighted by Gasteiger charge is -2.22. The second-order valence-electron chi connectivity index (χ2n) is 6.54. The molecule has 31 heavy (non-hydrogen) atoms. The fraction of sp³-hybridized carbons (Fsp3) is 0.333. The predicted octanol–water partition coefficient (Wildman–Crippen LogP) is 2.53. The van der Waals surface area contributed by atoms with Crippen molar-refractivity contribution in [2.75, 3.05) is 32.5 Å². The van der Waals surface area contributed by atoms with Crippen molar-refractivity contribution in [3.05, 3.63) is 71.8 Å². The van der Waals surface area contributed by atoms with E-state index in [4.69, 9.17) is 13.7 Å². The highest BCUT2D eigenvalue weighted by atomic mass is 32.2. The Hall–Kier alpha value is -3.11. The third-order valence-electron chi connectivity index (χ3n) is 3.99. The molecule has 2 amide bonds. The van der Waals surface area contributed by atoms with Crippen LogP contribution in [0, 0.1) is 0 Å². The lowest BCUT2D eigenvalue weighted by molar-refractivity contribution is 0.0899. The first-order valence-corrected chi connectivity index (χ1v) is 11.4. The van der Waals surface area contributed by atoms with E-state index in [1.54, 1.807) is 0 Å². The van der Waals surface area contributed by atoms with Crippen molar-refractivity contribution in [2.45, 2.75) is 13.2 Å². The van der Waals surface area contributed by atoms with Gasteiger partial charge < -0.3 is 19.7 Å². The van der Waals surface area contributed by atoms with E-state index in [2.05, 4.69) is 5.32 Å². The molecule has 0 atom stereocenters. The number of carbonyl (C=O) groups is 2. The zero-order valence-corrected chi connectivity index (χ0v) is 18.0. The van der Waals surface area contributed by atoms with Crippen LogP contribution in [0.5, 0.6) is 0 Å². The number of benzene rings is 2. The molecule has 2 aromatic rings. The topological polar surface area (TPSA) is 111 Å². The van der Waals surface area contributed by atoms with Crippen LogP contribution in [0.4, 0.5) is 9.59 Å². The minimum Gasteiger partial charge on any atom is -0.445 e. The molecule has 168 valence electrons. The molecular formula is C21H26N2O7S. The molecule has 0 aliphatic rings. The molecule has 0 aliphatic heterocycles. The van der Waals surface area contributed by atoms with Crippen molar-refractivity contribution in [1.29, 1.82) is 0 Å². The zero-order valence-electron chi connectivity index (χ0n) is 17.2. The number of rotatable bonds is 11. The van der Waals surface area contributed by atoms with Gasteiger partial charge in [-0.3, -0.25) is 4.18 Å². The zero-order chi connectivity index (χ0) is 22.5. The quantitative estimate of drug-likeness (QED) is 0.524. The van der Waals surface area contributed by atoms with E-state index in [-0.39, 0.29) is 39.5 Å². The van der Waals surface area contributed by atoms with Gasteiger partial charge in [0, 0.05) is 19.6 Å². The molecular weight excluding hydrogens is 424 g/mol. The molecule has 1 N–H and O–H groups in total. The van der Waals surface area contributed by atoms with Gasteiger partial charge in [0.25, 0.3) is 10.1 Å². The Morgan fingerprint density at radius 2 is 1.42 bits per heavy atom. The van der Waals surface area contributed by atoms with E-state index in [0.717, 1.165) is 17.4 Å². The summed E-state index contributed by atoms with van der Waals surface area (Å²) in [6.07, 6.45) is -0.357. The summed E-state index contributed by atoms with van der Waals surface area (Å²) in [6, 6.07) is 18.3. The number of amides is 2. The van der Waals surface area contributed by atoms with Crippen molar-refractivity contribution in [2.24, 2.45) is 0 Å². The molecule has 2 aromatic carbocycles. The number of ether oxygens (including phenoxy) is 2. The first-order valence-electron chi connectivity index (χ1n) is 9.58. The molecule has 0 fully saturated rings. The van der Waals surface area contributed by atoms with E-state index < -0.39 is 22.3 Å². The van der Waals surface area contributed by atoms with Gasteiger partial charge in [0.2, 0.25) is 0 Å². The largest absolute Gasteiger partial charge is 0.445 e. The number of hydrogen-bond acceptors (Lipinski definition) is 7. The third-order valence-corrected chi connectivity index (χ3v) is 4.58. The maximum Gasteiger partial charge on any atom is 0.410 e. The lowest BCUT2D eigenvalue weighted by Crippen LogP contribution is -2.40. The number of nitrogens with zero attached hydrogens (tertiary/aromatic N) is 1. The molecule has 0 spiro atoms. The van der Waals surface area contributed by atoms with E-state index >= 15 is 0 Å². The average molecular weight is 451 g/mol. The van der Waals surface area contributed by atoms with Crippen LogP contribution in [0.3, 0.4) is 0 Å². The molecule has 10 heteroatoms. The van der Waals surface area contributed by atoms with Gasteiger partial charge in [0.1, 0.15) is 13.2 Å². The number of nitrogens with one attached hydrogen (secondary N) is 1. The molecule has 0 saturated heterocycles. The highest BCUT2D eigenvalue weighted by Gasteiger charge is 2.16. The molecule has 0 aliphatic carbocycles. The number of alkyl carbamates (subject to hydrolysis) is 1. The molecule has 9 nitrogen and oxygen atoms in total. The minimum absolute atomic E-state index is 0.0264. The van der Waals surface area contributed by atoms with Crippen LogP contribution >= 0.6 is 0 Å². The first-order chi connectivity index (χ1) is 14.8. The van der Waals surface area contributed by atoms with Crippen LogP contribution in [0.1, 0.15) is 11.1 Å². The van der Waals surface area contributed by atoms with Gasteiger partial charge in [0.15, 0.2) is 0 Å². The summed E-state index contributed by atoms with van der Waals surface area (Å²) in [5, 5.41) is 2.55. The summed E-state index contributed by atoms with van der Waals surface area (Å²) in [5.41, 5.74) is 1.66. The molecule has 0 heterocycles. The van der Waals surface area contributed by atoms with Crippen LogP contribution in [-0.4, -0.2) is 58.0 Å². The number of hydrogen-bond donors (Lipinski definition) is 1. The smallest absolute Gasteiger partial charge is 0.410 e. The second kappa shape index (κ2) is 12.6. The van der Waals surface area contributed by atoms with Crippen LogP contribution in [-0.2, 0) is 37.0 Å². The van der Waals surface area contributed by atoms with Crippen LogP contribution in [0.25, 0.3) is 0 Å². The van der Waals surface area contributed by atoms with Crippen molar-refractivity contribution < 1.29 is 31.7 Å². The van der Waals surface area contributed by atoms with Gasteiger partial charge in [-0.1, -0.05) is 60.7 Å². The fourth-order valence-electron chi connectivity index (χ4n) is 2.47. The van der Waals surface area contributed by atoms with Crippen LogP contribution in [0.2, 0.25) is 0 Å². The third kappa shape index (κ3) is 10.5. The van der Waals surface area contributed by atoms with E-state index in [9.17, 15) is 18.0 Å². The number of carbonyl (C=O) groups excluding carboxylic acids is 2. The molecule has 0 bridgehead atoms. The van der Waals surface area contributed by atoms with Crippen molar-refractivity contribution in [3.63, 3.8) is 0 Å². The Kier molecular flexibility index (Phi) is 9.79. The Balaban J connectivity index is 1.80. The van der Waals surface area contributed by atoms with Crippen molar-refractivity contribution >= 4 is 22.3 Å². The van der Waals surface area contributed by atoms with Gasteiger partial charge in [-0.25, -0.2) is 9.59 Å². The van der Waals surface area contributed by atoms with Gasteiger partial charge in [-0.2, -0.15) is 8.42 Å². The summed E-state index contributed by atoms with van der Waals surface area (Å²) in [7, 11) is -3.64. The lowest BCUT2D eigenvalue weighted by atomic mass is 10.2. The van der Waals surface area contributed by atoms with E-state index in [0.29, 0.717) is 0 Å². The Morgan fingerprint density at radius 3 is 1.97 bits per heavy atom. The Labute approximate surface area is 182 Å². The molecule has 0 saturated carbocycles. The fourth-order valence-corrected chi connectivity index (χ4v) is 2.85.